The Morgan fingerprint density at radius 2 is 2.08 bits per heavy atom. The van der Waals surface area contributed by atoms with Gasteiger partial charge in [0.2, 0.25) is 6.33 Å². The van der Waals surface area contributed by atoms with Gasteiger partial charge in [-0.2, -0.15) is 0 Å². The summed E-state index contributed by atoms with van der Waals surface area (Å²) in [6.45, 7) is 2.38. The fourth-order valence-electron chi connectivity index (χ4n) is 2.41. The minimum absolute atomic E-state index is 0.745. The molecule has 0 saturated heterocycles. The number of rotatable bonds is 1. The Kier molecular flexibility index (Phi) is 2.38. The highest BCUT2D eigenvalue weighted by atomic mass is 15.1. The lowest BCUT2D eigenvalue weighted by Crippen LogP contribution is -2.26. The van der Waals surface area contributed by atoms with E-state index in [0.29, 0.717) is 0 Å². The maximum Gasteiger partial charge on any atom is 0.243 e. The van der Waals surface area contributed by atoms with Crippen LogP contribution in [-0.4, -0.2) is 4.57 Å². The van der Waals surface area contributed by atoms with Crippen LogP contribution >= 0.6 is 0 Å². The van der Waals surface area contributed by atoms with Crippen LogP contribution in [0.4, 0.5) is 0 Å². The molecule has 0 N–H and O–H groups in total. The van der Waals surface area contributed by atoms with E-state index in [1.807, 2.05) is 0 Å². The summed E-state index contributed by atoms with van der Waals surface area (Å²) >= 11 is 0. The van der Waals surface area contributed by atoms with E-state index in [2.05, 4.69) is 41.8 Å². The summed E-state index contributed by atoms with van der Waals surface area (Å²) in [6, 6.07) is 0.745. The molecule has 1 fully saturated rings. The minimum Gasteiger partial charge on any atom is -0.240 e. The van der Waals surface area contributed by atoms with Gasteiger partial charge in [-0.05, 0) is 25.2 Å². The van der Waals surface area contributed by atoms with E-state index in [1.54, 1.807) is 0 Å². The van der Waals surface area contributed by atoms with E-state index in [0.717, 1.165) is 12.0 Å². The molecule has 0 spiro atoms. The van der Waals surface area contributed by atoms with Gasteiger partial charge in [0.15, 0.2) is 0 Å². The summed E-state index contributed by atoms with van der Waals surface area (Å²) < 4.78 is 4.51. The molecule has 1 aromatic rings. The third kappa shape index (κ3) is 1.77. The molecule has 1 aromatic heterocycles. The summed E-state index contributed by atoms with van der Waals surface area (Å²) in [4.78, 5) is 0. The van der Waals surface area contributed by atoms with Crippen molar-refractivity contribution in [2.75, 3.05) is 0 Å². The van der Waals surface area contributed by atoms with Crippen molar-refractivity contribution in [2.45, 2.75) is 38.6 Å². The van der Waals surface area contributed by atoms with Gasteiger partial charge in [0.1, 0.15) is 18.4 Å². The summed E-state index contributed by atoms with van der Waals surface area (Å²) in [5.41, 5.74) is 0. The zero-order chi connectivity index (χ0) is 9.26. The van der Waals surface area contributed by atoms with Crippen LogP contribution in [0.15, 0.2) is 18.7 Å². The molecule has 1 aliphatic carbocycles. The van der Waals surface area contributed by atoms with Crippen molar-refractivity contribution in [2.24, 2.45) is 13.0 Å². The second kappa shape index (κ2) is 3.52. The summed E-state index contributed by atoms with van der Waals surface area (Å²) in [5, 5.41) is 0. The van der Waals surface area contributed by atoms with Crippen molar-refractivity contribution in [3.05, 3.63) is 18.7 Å². The number of aromatic nitrogens is 2. The van der Waals surface area contributed by atoms with Crippen molar-refractivity contribution in [3.63, 3.8) is 0 Å². The predicted octanol–water partition coefficient (Wildman–Crippen LogP) is 2.06. The van der Waals surface area contributed by atoms with Crippen LogP contribution in [0.3, 0.4) is 0 Å². The van der Waals surface area contributed by atoms with Crippen LogP contribution in [-0.2, 0) is 7.05 Å². The van der Waals surface area contributed by atoms with Gasteiger partial charge in [-0.15, -0.1) is 0 Å². The maximum absolute atomic E-state index is 2.38. The topological polar surface area (TPSA) is 8.81 Å². The van der Waals surface area contributed by atoms with Gasteiger partial charge in [-0.25, -0.2) is 9.13 Å². The Labute approximate surface area is 80.2 Å². The molecule has 13 heavy (non-hydrogen) atoms. The maximum atomic E-state index is 2.38. The molecule has 1 aliphatic rings. The molecule has 0 aromatic carbocycles. The van der Waals surface area contributed by atoms with Crippen molar-refractivity contribution < 1.29 is 4.57 Å². The second-order valence-corrected chi connectivity index (χ2v) is 4.36. The number of hydrogen-bond donors (Lipinski definition) is 0. The molecule has 2 heteroatoms. The first kappa shape index (κ1) is 8.79. The Hall–Kier alpha value is -0.790. The monoisotopic (exact) mass is 179 g/mol. The van der Waals surface area contributed by atoms with Gasteiger partial charge in [0, 0.05) is 0 Å². The minimum atomic E-state index is 0.745. The van der Waals surface area contributed by atoms with E-state index >= 15 is 0 Å². The van der Waals surface area contributed by atoms with Crippen molar-refractivity contribution in [1.29, 1.82) is 0 Å². The molecule has 72 valence electrons. The Morgan fingerprint density at radius 3 is 2.69 bits per heavy atom. The molecule has 0 bridgehead atoms. The third-order valence-corrected chi connectivity index (χ3v) is 3.24. The molecule has 1 heterocycles. The normalized spacial score (nSPS) is 29.1. The van der Waals surface area contributed by atoms with Gasteiger partial charge < -0.3 is 0 Å². The van der Waals surface area contributed by atoms with Crippen LogP contribution in [0.2, 0.25) is 0 Å². The smallest absolute Gasteiger partial charge is 0.240 e. The van der Waals surface area contributed by atoms with E-state index < -0.39 is 0 Å². The molecule has 0 radical (unpaired) electrons. The molecular weight excluding hydrogens is 160 g/mol. The fraction of sp³-hybridized carbons (Fsp3) is 0.727. The van der Waals surface area contributed by atoms with Crippen LogP contribution in [0.25, 0.3) is 0 Å². The first-order valence-electron chi connectivity index (χ1n) is 5.30. The van der Waals surface area contributed by atoms with Crippen LogP contribution in [0.5, 0.6) is 0 Å². The first-order chi connectivity index (χ1) is 6.27. The van der Waals surface area contributed by atoms with Gasteiger partial charge in [-0.1, -0.05) is 13.3 Å². The van der Waals surface area contributed by atoms with Crippen LogP contribution in [0, 0.1) is 5.92 Å². The SMILES string of the molecule is C[C@@H]1CCCCC1n1cc[n+](C)c1. The summed E-state index contributed by atoms with van der Waals surface area (Å²) in [7, 11) is 2.09. The van der Waals surface area contributed by atoms with E-state index in [-0.39, 0.29) is 0 Å². The van der Waals surface area contributed by atoms with Gasteiger partial charge in [0.05, 0.1) is 7.05 Å². The molecule has 0 aliphatic heterocycles. The zero-order valence-electron chi connectivity index (χ0n) is 8.61. The lowest BCUT2D eigenvalue weighted by molar-refractivity contribution is -0.671. The third-order valence-electron chi connectivity index (χ3n) is 3.24. The molecule has 1 unspecified atom stereocenters. The molecule has 2 rings (SSSR count). The van der Waals surface area contributed by atoms with Crippen LogP contribution < -0.4 is 4.57 Å². The number of imidazole rings is 1. The Bertz CT molecular complexity index is 277. The molecule has 2 nitrogen and oxygen atoms in total. The molecular formula is C11H19N2+. The Balaban J connectivity index is 2.14. The lowest BCUT2D eigenvalue weighted by Gasteiger charge is -2.25. The predicted molar refractivity (Wildman–Crippen MR) is 52.3 cm³/mol. The average Bonchev–Trinajstić information content (AvgIpc) is 2.53. The highest BCUT2D eigenvalue weighted by Gasteiger charge is 2.26. The average molecular weight is 179 g/mol. The first-order valence-corrected chi connectivity index (χ1v) is 5.30. The van der Waals surface area contributed by atoms with Gasteiger partial charge in [-0.3, -0.25) is 0 Å². The standard InChI is InChI=1S/C11H19N2/c1-10-5-3-4-6-11(10)13-8-7-12(2)9-13/h7-11H,3-6H2,1-2H3/q+1/t10-,11?/m1/s1. The van der Waals surface area contributed by atoms with Gasteiger partial charge >= 0.3 is 0 Å². The number of hydrogen-bond acceptors (Lipinski definition) is 0. The number of nitrogens with zero attached hydrogens (tertiary/aromatic N) is 2. The lowest BCUT2D eigenvalue weighted by atomic mass is 9.86. The second-order valence-electron chi connectivity index (χ2n) is 4.36. The largest absolute Gasteiger partial charge is 0.243 e. The fourth-order valence-corrected chi connectivity index (χ4v) is 2.41. The van der Waals surface area contributed by atoms with Gasteiger partial charge in [0.25, 0.3) is 0 Å². The highest BCUT2D eigenvalue weighted by Crippen LogP contribution is 2.32. The summed E-state index contributed by atoms with van der Waals surface area (Å²) in [5.74, 6) is 0.848. The molecule has 1 saturated carbocycles. The van der Waals surface area contributed by atoms with Crippen LogP contribution in [0.1, 0.15) is 38.6 Å². The number of aryl methyl sites for hydroxylation is 1. The Morgan fingerprint density at radius 1 is 1.31 bits per heavy atom. The van der Waals surface area contributed by atoms with E-state index in [4.69, 9.17) is 0 Å². The highest BCUT2D eigenvalue weighted by molar-refractivity contribution is 4.81. The van der Waals surface area contributed by atoms with Crippen molar-refractivity contribution >= 4 is 0 Å². The van der Waals surface area contributed by atoms with E-state index in [1.165, 1.54) is 25.7 Å². The molecule has 0 amide bonds. The summed E-state index contributed by atoms with van der Waals surface area (Å²) in [6.07, 6.45) is 12.1. The van der Waals surface area contributed by atoms with Crippen molar-refractivity contribution in [1.82, 2.24) is 4.57 Å². The molecule has 2 atom stereocenters. The van der Waals surface area contributed by atoms with Crippen molar-refractivity contribution in [3.8, 4) is 0 Å². The van der Waals surface area contributed by atoms with E-state index in [9.17, 15) is 0 Å². The zero-order valence-corrected chi connectivity index (χ0v) is 8.61. The quantitative estimate of drug-likeness (QED) is 0.584.